The van der Waals surface area contributed by atoms with Crippen LogP contribution >= 0.6 is 12.4 Å². The fourth-order valence-corrected chi connectivity index (χ4v) is 5.09. The average Bonchev–Trinajstić information content (AvgIpc) is 3.04. The molecule has 2 aromatic rings. The van der Waals surface area contributed by atoms with Gasteiger partial charge in [-0.25, -0.2) is 4.39 Å². The highest BCUT2D eigenvalue weighted by Crippen LogP contribution is 2.47. The lowest BCUT2D eigenvalue weighted by atomic mass is 9.70. The highest BCUT2D eigenvalue weighted by molar-refractivity contribution is 5.95. The minimum atomic E-state index is -0.297. The van der Waals surface area contributed by atoms with Gasteiger partial charge in [-0.3, -0.25) is 4.79 Å². The van der Waals surface area contributed by atoms with Crippen molar-refractivity contribution in [3.05, 3.63) is 70.5 Å². The number of benzene rings is 2. The molecule has 2 aromatic carbocycles. The van der Waals surface area contributed by atoms with Crippen LogP contribution in [-0.4, -0.2) is 18.4 Å². The number of aryl methyl sites for hydroxylation is 1. The summed E-state index contributed by atoms with van der Waals surface area (Å²) in [5.74, 6) is -0.197. The number of carbonyl (C=O) groups is 1. The molecule has 1 N–H and O–H groups in total. The van der Waals surface area contributed by atoms with Gasteiger partial charge < -0.3 is 5.32 Å². The Balaban J connectivity index is 0.00000240. The Bertz CT molecular complexity index is 840. The minimum absolute atomic E-state index is 0. The summed E-state index contributed by atoms with van der Waals surface area (Å²) in [6.07, 6.45) is 8.93. The summed E-state index contributed by atoms with van der Waals surface area (Å²) in [5.41, 5.74) is 5.62. The molecule has 2 nitrogen and oxygen atoms in total. The Labute approximate surface area is 179 Å². The monoisotopic (exact) mass is 415 g/mol. The van der Waals surface area contributed by atoms with Crippen molar-refractivity contribution in [2.75, 3.05) is 6.54 Å². The standard InChI is InChI=1S/C25H30FNO.ClH/c1-18-4-5-20-16-25(17-21(20)15-18)12-10-23(11-13-25)27-14-2-3-24(28)19-6-8-22(26)9-7-19;/h4-9,15,23,27H,2-3,10-14,16-17H2,1H3;1H. The highest BCUT2D eigenvalue weighted by atomic mass is 35.5. The van der Waals surface area contributed by atoms with Gasteiger partial charge >= 0.3 is 0 Å². The van der Waals surface area contributed by atoms with Gasteiger partial charge in [0, 0.05) is 18.0 Å². The molecule has 0 unspecified atom stereocenters. The first-order valence-corrected chi connectivity index (χ1v) is 10.6. The van der Waals surface area contributed by atoms with E-state index in [1.165, 1.54) is 56.2 Å². The van der Waals surface area contributed by atoms with Crippen LogP contribution in [0.25, 0.3) is 0 Å². The van der Waals surface area contributed by atoms with Crippen LogP contribution in [0.15, 0.2) is 42.5 Å². The molecule has 4 heteroatoms. The lowest BCUT2D eigenvalue weighted by Crippen LogP contribution is -2.38. The van der Waals surface area contributed by atoms with E-state index in [2.05, 4.69) is 30.4 Å². The van der Waals surface area contributed by atoms with E-state index in [4.69, 9.17) is 0 Å². The normalized spacial score (nSPS) is 22.9. The van der Waals surface area contributed by atoms with Gasteiger partial charge in [0.1, 0.15) is 5.82 Å². The summed E-state index contributed by atoms with van der Waals surface area (Å²) in [7, 11) is 0. The second-order valence-corrected chi connectivity index (χ2v) is 8.89. The Morgan fingerprint density at radius 1 is 1.07 bits per heavy atom. The zero-order valence-electron chi connectivity index (χ0n) is 17.2. The van der Waals surface area contributed by atoms with Crippen molar-refractivity contribution >= 4 is 18.2 Å². The van der Waals surface area contributed by atoms with Crippen molar-refractivity contribution in [2.24, 2.45) is 5.41 Å². The first kappa shape index (κ1) is 22.0. The van der Waals surface area contributed by atoms with Crippen LogP contribution in [0.1, 0.15) is 65.6 Å². The summed E-state index contributed by atoms with van der Waals surface area (Å²) < 4.78 is 12.9. The largest absolute Gasteiger partial charge is 0.314 e. The summed E-state index contributed by atoms with van der Waals surface area (Å²) in [6.45, 7) is 3.07. The second-order valence-electron chi connectivity index (χ2n) is 8.89. The number of Topliss-reactive ketones (excluding diaryl/α,β-unsaturated/α-hetero) is 1. The quantitative estimate of drug-likeness (QED) is 0.474. The minimum Gasteiger partial charge on any atom is -0.314 e. The zero-order chi connectivity index (χ0) is 19.6. The molecule has 1 saturated carbocycles. The van der Waals surface area contributed by atoms with E-state index in [9.17, 15) is 9.18 Å². The number of nitrogens with one attached hydrogen (secondary N) is 1. The molecular weight excluding hydrogens is 385 g/mol. The third-order valence-electron chi connectivity index (χ3n) is 6.72. The molecule has 0 bridgehead atoms. The number of hydrogen-bond acceptors (Lipinski definition) is 2. The van der Waals surface area contributed by atoms with Crippen LogP contribution in [0.3, 0.4) is 0 Å². The molecule has 1 fully saturated rings. The van der Waals surface area contributed by atoms with Crippen LogP contribution in [0.2, 0.25) is 0 Å². The summed E-state index contributed by atoms with van der Waals surface area (Å²) >= 11 is 0. The van der Waals surface area contributed by atoms with E-state index in [-0.39, 0.29) is 24.0 Å². The number of rotatable bonds is 6. The number of halogens is 2. The fourth-order valence-electron chi connectivity index (χ4n) is 5.09. The predicted octanol–water partition coefficient (Wildman–Crippen LogP) is 5.84. The summed E-state index contributed by atoms with van der Waals surface area (Å²) in [5, 5.41) is 3.66. The van der Waals surface area contributed by atoms with Crippen LogP contribution in [-0.2, 0) is 12.8 Å². The molecule has 0 saturated heterocycles. The van der Waals surface area contributed by atoms with Gasteiger partial charge in [-0.05, 0) is 99.2 Å². The van der Waals surface area contributed by atoms with Crippen molar-refractivity contribution in [1.29, 1.82) is 0 Å². The van der Waals surface area contributed by atoms with Gasteiger partial charge in [0.15, 0.2) is 5.78 Å². The third-order valence-corrected chi connectivity index (χ3v) is 6.72. The molecule has 0 amide bonds. The highest BCUT2D eigenvalue weighted by Gasteiger charge is 2.39. The molecule has 0 atom stereocenters. The van der Waals surface area contributed by atoms with E-state index in [1.54, 1.807) is 23.3 Å². The van der Waals surface area contributed by atoms with E-state index in [0.717, 1.165) is 13.0 Å². The Hall–Kier alpha value is -1.71. The Morgan fingerprint density at radius 3 is 2.48 bits per heavy atom. The van der Waals surface area contributed by atoms with Crippen LogP contribution in [0, 0.1) is 18.2 Å². The molecule has 0 aromatic heterocycles. The van der Waals surface area contributed by atoms with Gasteiger partial charge in [-0.1, -0.05) is 23.8 Å². The molecule has 0 aliphatic heterocycles. The van der Waals surface area contributed by atoms with Gasteiger partial charge in [0.25, 0.3) is 0 Å². The van der Waals surface area contributed by atoms with Crippen molar-refractivity contribution < 1.29 is 9.18 Å². The molecule has 2 aliphatic rings. The van der Waals surface area contributed by atoms with Gasteiger partial charge in [-0.15, -0.1) is 12.4 Å². The van der Waals surface area contributed by atoms with E-state index >= 15 is 0 Å². The molecule has 4 rings (SSSR count). The molecule has 0 radical (unpaired) electrons. The first-order valence-electron chi connectivity index (χ1n) is 10.6. The van der Waals surface area contributed by atoms with Gasteiger partial charge in [0.2, 0.25) is 0 Å². The SMILES string of the molecule is Cc1ccc2c(c1)CC1(CCC(NCCCC(=O)c3ccc(F)cc3)CC1)C2.Cl. The average molecular weight is 416 g/mol. The molecule has 29 heavy (non-hydrogen) atoms. The van der Waals surface area contributed by atoms with Crippen molar-refractivity contribution in [3.63, 3.8) is 0 Å². The molecule has 0 heterocycles. The molecule has 2 aliphatic carbocycles. The molecule has 1 spiro atoms. The maximum absolute atomic E-state index is 12.9. The number of carbonyl (C=O) groups excluding carboxylic acids is 1. The maximum atomic E-state index is 12.9. The van der Waals surface area contributed by atoms with Crippen molar-refractivity contribution in [1.82, 2.24) is 5.32 Å². The van der Waals surface area contributed by atoms with Crippen LogP contribution in [0.4, 0.5) is 4.39 Å². The zero-order valence-corrected chi connectivity index (χ0v) is 18.0. The molecular formula is C25H31ClFNO. The summed E-state index contributed by atoms with van der Waals surface area (Å²) in [6, 6.07) is 13.4. The second kappa shape index (κ2) is 9.40. The van der Waals surface area contributed by atoms with Crippen molar-refractivity contribution in [2.45, 2.75) is 64.3 Å². The van der Waals surface area contributed by atoms with E-state index in [1.807, 2.05) is 0 Å². The topological polar surface area (TPSA) is 29.1 Å². The Kier molecular flexibility index (Phi) is 7.13. The number of ketones is 1. The van der Waals surface area contributed by atoms with E-state index < -0.39 is 0 Å². The molecule has 156 valence electrons. The predicted molar refractivity (Wildman–Crippen MR) is 118 cm³/mol. The van der Waals surface area contributed by atoms with E-state index in [0.29, 0.717) is 23.4 Å². The van der Waals surface area contributed by atoms with Gasteiger partial charge in [0.05, 0.1) is 0 Å². The smallest absolute Gasteiger partial charge is 0.162 e. The van der Waals surface area contributed by atoms with Crippen LogP contribution in [0.5, 0.6) is 0 Å². The number of fused-ring (bicyclic) bond motifs is 1. The number of hydrogen-bond donors (Lipinski definition) is 1. The lowest BCUT2D eigenvalue weighted by molar-refractivity contribution is 0.0979. The maximum Gasteiger partial charge on any atom is 0.162 e. The van der Waals surface area contributed by atoms with Gasteiger partial charge in [-0.2, -0.15) is 0 Å². The first-order chi connectivity index (χ1) is 13.5. The Morgan fingerprint density at radius 2 is 1.76 bits per heavy atom. The fraction of sp³-hybridized carbons (Fsp3) is 0.480. The third kappa shape index (κ3) is 5.26. The van der Waals surface area contributed by atoms with Crippen molar-refractivity contribution in [3.8, 4) is 0 Å². The lowest BCUT2D eigenvalue weighted by Gasteiger charge is -2.37. The summed E-state index contributed by atoms with van der Waals surface area (Å²) in [4.78, 5) is 12.2. The van der Waals surface area contributed by atoms with Crippen LogP contribution < -0.4 is 5.32 Å².